The molecule has 3 nitrogen and oxygen atoms in total. The molecule has 0 saturated heterocycles. The van der Waals surface area contributed by atoms with Gasteiger partial charge in [-0.25, -0.2) is 9.37 Å². The molecule has 6 heteroatoms. The minimum Gasteiger partial charge on any atom is -0.326 e. The smallest absolute Gasteiger partial charge is 0.228 e. The molecule has 0 aliphatic carbocycles. The zero-order valence-electron chi connectivity index (χ0n) is 10.8. The number of fused-ring (bicyclic) bond motifs is 1. The van der Waals surface area contributed by atoms with Crippen molar-refractivity contribution in [3.8, 4) is 0 Å². The van der Waals surface area contributed by atoms with Crippen LogP contribution < -0.4 is 5.32 Å². The van der Waals surface area contributed by atoms with Crippen molar-refractivity contribution in [3.63, 3.8) is 0 Å². The van der Waals surface area contributed by atoms with Crippen molar-refractivity contribution >= 4 is 49.1 Å². The van der Waals surface area contributed by atoms with Crippen LogP contribution in [0.25, 0.3) is 10.2 Å². The molecule has 2 aromatic carbocycles. The number of carbonyl (C=O) groups excluding carboxylic acids is 1. The van der Waals surface area contributed by atoms with Crippen molar-refractivity contribution in [1.82, 2.24) is 4.98 Å². The third-order valence-corrected chi connectivity index (χ3v) is 4.42. The van der Waals surface area contributed by atoms with Crippen LogP contribution in [0.2, 0.25) is 0 Å². The van der Waals surface area contributed by atoms with Crippen molar-refractivity contribution in [1.29, 1.82) is 0 Å². The minimum atomic E-state index is -0.400. The second-order valence-electron chi connectivity index (χ2n) is 4.47. The maximum atomic E-state index is 13.8. The predicted molar refractivity (Wildman–Crippen MR) is 86.1 cm³/mol. The summed E-state index contributed by atoms with van der Waals surface area (Å²) in [5.41, 5.74) is 3.62. The molecule has 1 heterocycles. The maximum absolute atomic E-state index is 13.8. The van der Waals surface area contributed by atoms with E-state index >= 15 is 0 Å². The Kier molecular flexibility index (Phi) is 3.98. The largest absolute Gasteiger partial charge is 0.326 e. The van der Waals surface area contributed by atoms with Gasteiger partial charge in [0.25, 0.3) is 0 Å². The van der Waals surface area contributed by atoms with Crippen LogP contribution in [0.1, 0.15) is 5.56 Å². The fraction of sp³-hybridized carbons (Fsp3) is 0.0667. The summed E-state index contributed by atoms with van der Waals surface area (Å²) in [4.78, 5) is 16.2. The van der Waals surface area contributed by atoms with Crippen LogP contribution in [0.5, 0.6) is 0 Å². The molecule has 0 unspecified atom stereocenters. The number of aromatic nitrogens is 1. The Labute approximate surface area is 133 Å². The minimum absolute atomic E-state index is 0.0135. The summed E-state index contributed by atoms with van der Waals surface area (Å²) in [5.74, 6) is -0.663. The molecule has 0 atom stereocenters. The fourth-order valence-electron chi connectivity index (χ4n) is 2.00. The summed E-state index contributed by atoms with van der Waals surface area (Å²) in [7, 11) is 0. The third kappa shape index (κ3) is 3.11. The maximum Gasteiger partial charge on any atom is 0.228 e. The number of carbonyl (C=O) groups is 1. The molecule has 106 valence electrons. The third-order valence-electron chi connectivity index (χ3n) is 3.00. The second kappa shape index (κ2) is 5.91. The first-order valence-corrected chi connectivity index (χ1v) is 7.87. The lowest BCUT2D eigenvalue weighted by Crippen LogP contribution is -2.15. The Hall–Kier alpha value is -1.79. The predicted octanol–water partition coefficient (Wildman–Crippen LogP) is 4.38. The van der Waals surface area contributed by atoms with E-state index in [1.807, 2.05) is 12.1 Å². The average Bonchev–Trinajstić information content (AvgIpc) is 2.91. The number of thiazole rings is 1. The molecule has 3 rings (SSSR count). The highest BCUT2D eigenvalue weighted by Gasteiger charge is 2.11. The first-order chi connectivity index (χ1) is 10.1. The van der Waals surface area contributed by atoms with E-state index in [-0.39, 0.29) is 12.3 Å². The van der Waals surface area contributed by atoms with Gasteiger partial charge in [0, 0.05) is 5.69 Å². The molecule has 0 bridgehead atoms. The zero-order valence-corrected chi connectivity index (χ0v) is 13.2. The molecule has 21 heavy (non-hydrogen) atoms. The molecule has 0 saturated carbocycles. The number of halogens is 2. The van der Waals surface area contributed by atoms with Gasteiger partial charge in [0.05, 0.1) is 26.6 Å². The topological polar surface area (TPSA) is 42.0 Å². The molecule has 3 aromatic rings. The summed E-state index contributed by atoms with van der Waals surface area (Å²) >= 11 is 4.65. The molecule has 0 fully saturated rings. The van der Waals surface area contributed by atoms with Gasteiger partial charge in [0.2, 0.25) is 5.91 Å². The van der Waals surface area contributed by atoms with Crippen molar-refractivity contribution < 1.29 is 9.18 Å². The first kappa shape index (κ1) is 14.2. The number of rotatable bonds is 3. The monoisotopic (exact) mass is 364 g/mol. The van der Waals surface area contributed by atoms with Crippen LogP contribution in [0.15, 0.2) is 46.4 Å². The van der Waals surface area contributed by atoms with Gasteiger partial charge in [-0.1, -0.05) is 12.1 Å². The second-order valence-corrected chi connectivity index (χ2v) is 6.21. The van der Waals surface area contributed by atoms with Crippen molar-refractivity contribution in [2.75, 3.05) is 5.32 Å². The highest BCUT2D eigenvalue weighted by Crippen LogP contribution is 2.22. The van der Waals surface area contributed by atoms with E-state index in [9.17, 15) is 9.18 Å². The van der Waals surface area contributed by atoms with E-state index in [2.05, 4.69) is 26.2 Å². The van der Waals surface area contributed by atoms with Crippen molar-refractivity contribution in [3.05, 3.63) is 57.8 Å². The summed E-state index contributed by atoms with van der Waals surface area (Å²) in [5, 5.41) is 2.76. The summed E-state index contributed by atoms with van der Waals surface area (Å²) in [6.07, 6.45) is -0.0135. The number of amides is 1. The molecule has 1 N–H and O–H groups in total. The molecule has 0 aliphatic heterocycles. The summed E-state index contributed by atoms with van der Waals surface area (Å²) < 4.78 is 15.3. The van der Waals surface area contributed by atoms with Crippen LogP contribution in [-0.2, 0) is 11.2 Å². The first-order valence-electron chi connectivity index (χ1n) is 6.19. The number of hydrogen-bond acceptors (Lipinski definition) is 3. The molecular weight excluding hydrogens is 355 g/mol. The summed E-state index contributed by atoms with van der Waals surface area (Å²) in [6, 6.07) is 10.4. The molecular formula is C15H10BrFN2OS. The molecule has 0 aliphatic rings. The van der Waals surface area contributed by atoms with E-state index in [4.69, 9.17) is 0 Å². The fourth-order valence-corrected chi connectivity index (χ4v) is 3.06. The van der Waals surface area contributed by atoms with Crippen LogP contribution in [0.3, 0.4) is 0 Å². The van der Waals surface area contributed by atoms with E-state index < -0.39 is 5.82 Å². The van der Waals surface area contributed by atoms with Crippen molar-refractivity contribution in [2.45, 2.75) is 6.42 Å². The van der Waals surface area contributed by atoms with Gasteiger partial charge in [-0.15, -0.1) is 11.3 Å². The molecule has 1 amide bonds. The van der Waals surface area contributed by atoms with Gasteiger partial charge in [-0.05, 0) is 45.8 Å². The number of benzene rings is 2. The highest BCUT2D eigenvalue weighted by molar-refractivity contribution is 9.10. The van der Waals surface area contributed by atoms with Gasteiger partial charge < -0.3 is 5.32 Å². The highest BCUT2D eigenvalue weighted by atomic mass is 79.9. The molecule has 1 aromatic heterocycles. The van der Waals surface area contributed by atoms with Gasteiger partial charge >= 0.3 is 0 Å². The molecule has 0 spiro atoms. The zero-order chi connectivity index (χ0) is 14.8. The van der Waals surface area contributed by atoms with Gasteiger partial charge in [0.1, 0.15) is 5.82 Å². The Morgan fingerprint density at radius 1 is 1.33 bits per heavy atom. The van der Waals surface area contributed by atoms with Gasteiger partial charge in [0.15, 0.2) is 0 Å². The van der Waals surface area contributed by atoms with Gasteiger partial charge in [-0.3, -0.25) is 4.79 Å². The van der Waals surface area contributed by atoms with Crippen LogP contribution in [0, 0.1) is 5.82 Å². The lowest BCUT2D eigenvalue weighted by Gasteiger charge is -2.07. The van der Waals surface area contributed by atoms with Crippen LogP contribution in [0.4, 0.5) is 10.1 Å². The average molecular weight is 365 g/mol. The van der Waals surface area contributed by atoms with Crippen LogP contribution >= 0.6 is 27.3 Å². The van der Waals surface area contributed by atoms with E-state index in [0.717, 1.165) is 10.2 Å². The van der Waals surface area contributed by atoms with Crippen molar-refractivity contribution in [2.24, 2.45) is 0 Å². The summed E-state index contributed by atoms with van der Waals surface area (Å²) in [6.45, 7) is 0. The number of nitrogens with zero attached hydrogens (tertiary/aromatic N) is 1. The Balaban J connectivity index is 1.75. The normalized spacial score (nSPS) is 10.8. The Morgan fingerprint density at radius 3 is 3.05 bits per heavy atom. The SMILES string of the molecule is O=C(Cc1cccc(Br)c1F)Nc1ccc2scnc2c1. The Morgan fingerprint density at radius 2 is 2.19 bits per heavy atom. The van der Waals surface area contributed by atoms with Crippen LogP contribution in [-0.4, -0.2) is 10.9 Å². The number of hydrogen-bond donors (Lipinski definition) is 1. The van der Waals surface area contributed by atoms with E-state index in [1.165, 1.54) is 0 Å². The Bertz CT molecular complexity index is 818. The standard InChI is InChI=1S/C15H10BrFN2OS/c16-11-3-1-2-9(15(11)17)6-14(20)19-10-4-5-13-12(7-10)18-8-21-13/h1-5,7-8H,6H2,(H,19,20). The molecule has 0 radical (unpaired) electrons. The van der Waals surface area contributed by atoms with E-state index in [1.54, 1.807) is 41.1 Å². The number of nitrogens with one attached hydrogen (secondary N) is 1. The lowest BCUT2D eigenvalue weighted by molar-refractivity contribution is -0.115. The van der Waals surface area contributed by atoms with E-state index in [0.29, 0.717) is 15.7 Å². The quantitative estimate of drug-likeness (QED) is 0.749. The lowest BCUT2D eigenvalue weighted by atomic mass is 10.1. The number of anilines is 1. The van der Waals surface area contributed by atoms with Gasteiger partial charge in [-0.2, -0.15) is 0 Å².